The minimum Gasteiger partial charge on any atom is -0.441 e. The van der Waals surface area contributed by atoms with E-state index in [0.29, 0.717) is 5.89 Å². The lowest BCUT2D eigenvalue weighted by molar-refractivity contribution is 0.488. The summed E-state index contributed by atoms with van der Waals surface area (Å²) in [5.41, 5.74) is 1.99. The Morgan fingerprint density at radius 1 is 1.05 bits per heavy atom. The molecule has 0 aliphatic carbocycles. The van der Waals surface area contributed by atoms with E-state index in [1.807, 2.05) is 18.2 Å². The van der Waals surface area contributed by atoms with Gasteiger partial charge in [-0.25, -0.2) is 9.37 Å². The molecule has 2 aromatic carbocycles. The van der Waals surface area contributed by atoms with Crippen molar-refractivity contribution in [2.45, 2.75) is 19.3 Å². The molecule has 0 spiro atoms. The Morgan fingerprint density at radius 2 is 1.76 bits per heavy atom. The summed E-state index contributed by atoms with van der Waals surface area (Å²) in [6.45, 7) is 2.12. The van der Waals surface area contributed by atoms with Crippen molar-refractivity contribution in [1.29, 1.82) is 0 Å². The molecular weight excluding hydrogens is 265 g/mol. The van der Waals surface area contributed by atoms with Gasteiger partial charge in [-0.3, -0.25) is 0 Å². The zero-order valence-electron chi connectivity index (χ0n) is 11.8. The average molecular weight is 281 g/mol. The Balaban J connectivity index is 1.92. The van der Waals surface area contributed by atoms with Crippen molar-refractivity contribution < 1.29 is 8.81 Å². The Hall–Kier alpha value is -2.42. The van der Waals surface area contributed by atoms with E-state index in [9.17, 15) is 4.39 Å². The zero-order valence-corrected chi connectivity index (χ0v) is 11.8. The lowest BCUT2D eigenvalue weighted by Crippen LogP contribution is -1.97. The second-order valence-corrected chi connectivity index (χ2v) is 4.95. The van der Waals surface area contributed by atoms with Gasteiger partial charge in [-0.15, -0.1) is 0 Å². The molecule has 3 heteroatoms. The van der Waals surface area contributed by atoms with E-state index >= 15 is 0 Å². The SMILES string of the molecule is CCC(c1ccccc1)c1cnc(-c2ccc(F)cc2)o1. The largest absolute Gasteiger partial charge is 0.441 e. The molecule has 3 aromatic rings. The number of hydrogen-bond acceptors (Lipinski definition) is 2. The van der Waals surface area contributed by atoms with E-state index in [2.05, 4.69) is 24.0 Å². The maximum absolute atomic E-state index is 13.0. The van der Waals surface area contributed by atoms with Crippen molar-refractivity contribution in [3.63, 3.8) is 0 Å². The quantitative estimate of drug-likeness (QED) is 0.671. The molecule has 1 unspecified atom stereocenters. The van der Waals surface area contributed by atoms with Gasteiger partial charge in [0.1, 0.15) is 11.6 Å². The van der Waals surface area contributed by atoms with Crippen molar-refractivity contribution in [1.82, 2.24) is 4.98 Å². The molecule has 1 aromatic heterocycles. The fourth-order valence-corrected chi connectivity index (χ4v) is 2.46. The molecule has 0 fully saturated rings. The molecule has 2 nitrogen and oxygen atoms in total. The number of nitrogens with zero attached hydrogens (tertiary/aromatic N) is 1. The first kappa shape index (κ1) is 13.6. The number of aromatic nitrogens is 1. The summed E-state index contributed by atoms with van der Waals surface area (Å²) in [7, 11) is 0. The van der Waals surface area contributed by atoms with Crippen LogP contribution in [0.3, 0.4) is 0 Å². The lowest BCUT2D eigenvalue weighted by atomic mass is 9.95. The van der Waals surface area contributed by atoms with Gasteiger partial charge in [0.15, 0.2) is 0 Å². The van der Waals surface area contributed by atoms with Crippen molar-refractivity contribution in [2.75, 3.05) is 0 Å². The topological polar surface area (TPSA) is 26.0 Å². The van der Waals surface area contributed by atoms with Crippen molar-refractivity contribution >= 4 is 0 Å². The van der Waals surface area contributed by atoms with Crippen LogP contribution >= 0.6 is 0 Å². The second-order valence-electron chi connectivity index (χ2n) is 4.95. The van der Waals surface area contributed by atoms with Crippen LogP contribution in [0.4, 0.5) is 4.39 Å². The van der Waals surface area contributed by atoms with Crippen LogP contribution in [-0.4, -0.2) is 4.98 Å². The minimum atomic E-state index is -0.263. The Bertz CT molecular complexity index is 704. The van der Waals surface area contributed by atoms with Crippen LogP contribution in [-0.2, 0) is 0 Å². The Labute approximate surface area is 123 Å². The highest BCUT2D eigenvalue weighted by molar-refractivity contribution is 5.52. The minimum absolute atomic E-state index is 0.188. The summed E-state index contributed by atoms with van der Waals surface area (Å²) in [4.78, 5) is 4.32. The van der Waals surface area contributed by atoms with E-state index in [1.54, 1.807) is 18.3 Å². The van der Waals surface area contributed by atoms with Crippen LogP contribution in [0, 0.1) is 5.82 Å². The molecule has 1 atom stereocenters. The fourth-order valence-electron chi connectivity index (χ4n) is 2.46. The fraction of sp³-hybridized carbons (Fsp3) is 0.167. The highest BCUT2D eigenvalue weighted by Gasteiger charge is 2.17. The summed E-state index contributed by atoms with van der Waals surface area (Å²) >= 11 is 0. The molecule has 0 radical (unpaired) electrons. The number of hydrogen-bond donors (Lipinski definition) is 0. The molecule has 3 rings (SSSR count). The van der Waals surface area contributed by atoms with Crippen molar-refractivity contribution in [2.24, 2.45) is 0 Å². The molecule has 0 saturated carbocycles. The van der Waals surface area contributed by atoms with Gasteiger partial charge in [0.25, 0.3) is 0 Å². The number of benzene rings is 2. The van der Waals surface area contributed by atoms with Gasteiger partial charge in [-0.05, 0) is 36.2 Å². The van der Waals surface area contributed by atoms with E-state index in [1.165, 1.54) is 17.7 Å². The van der Waals surface area contributed by atoms with Gasteiger partial charge in [0.05, 0.1) is 6.20 Å². The van der Waals surface area contributed by atoms with Crippen LogP contribution in [0.15, 0.2) is 65.2 Å². The first-order valence-electron chi connectivity index (χ1n) is 7.04. The molecule has 0 aliphatic rings. The molecular formula is C18H16FNO. The highest BCUT2D eigenvalue weighted by Crippen LogP contribution is 2.30. The second kappa shape index (κ2) is 5.92. The van der Waals surface area contributed by atoms with Gasteiger partial charge < -0.3 is 4.42 Å². The summed E-state index contributed by atoms with van der Waals surface area (Å²) in [6.07, 6.45) is 2.70. The summed E-state index contributed by atoms with van der Waals surface area (Å²) in [6, 6.07) is 16.4. The van der Waals surface area contributed by atoms with E-state index in [4.69, 9.17) is 4.42 Å². The monoisotopic (exact) mass is 281 g/mol. The highest BCUT2D eigenvalue weighted by atomic mass is 19.1. The molecule has 0 amide bonds. The Morgan fingerprint density at radius 3 is 2.43 bits per heavy atom. The van der Waals surface area contributed by atoms with Crippen LogP contribution in [0.25, 0.3) is 11.5 Å². The van der Waals surface area contributed by atoms with Crippen molar-refractivity contribution in [3.05, 3.63) is 77.9 Å². The number of oxazole rings is 1. The molecule has 106 valence electrons. The molecule has 21 heavy (non-hydrogen) atoms. The molecule has 0 saturated heterocycles. The third kappa shape index (κ3) is 2.87. The van der Waals surface area contributed by atoms with Gasteiger partial charge in [-0.1, -0.05) is 37.3 Å². The third-order valence-corrected chi connectivity index (χ3v) is 3.57. The maximum atomic E-state index is 13.0. The average Bonchev–Trinajstić information content (AvgIpc) is 2.99. The smallest absolute Gasteiger partial charge is 0.226 e. The molecule has 0 bridgehead atoms. The van der Waals surface area contributed by atoms with Gasteiger partial charge in [0, 0.05) is 11.5 Å². The number of rotatable bonds is 4. The summed E-state index contributed by atoms with van der Waals surface area (Å²) in [5, 5.41) is 0. The first-order valence-corrected chi connectivity index (χ1v) is 7.04. The normalized spacial score (nSPS) is 12.3. The maximum Gasteiger partial charge on any atom is 0.226 e. The van der Waals surface area contributed by atoms with Crippen LogP contribution in [0.5, 0.6) is 0 Å². The van der Waals surface area contributed by atoms with Crippen LogP contribution < -0.4 is 0 Å². The standard InChI is InChI=1S/C18H16FNO/c1-2-16(13-6-4-3-5-7-13)17-12-20-18(21-17)14-8-10-15(19)11-9-14/h3-12,16H,2H2,1H3. The molecule has 0 N–H and O–H groups in total. The Kier molecular flexibility index (Phi) is 3.82. The van der Waals surface area contributed by atoms with E-state index in [0.717, 1.165) is 17.7 Å². The summed E-state index contributed by atoms with van der Waals surface area (Å²) < 4.78 is 18.8. The van der Waals surface area contributed by atoms with E-state index in [-0.39, 0.29) is 11.7 Å². The van der Waals surface area contributed by atoms with Crippen LogP contribution in [0.1, 0.15) is 30.6 Å². The molecule has 1 heterocycles. The van der Waals surface area contributed by atoms with Gasteiger partial charge >= 0.3 is 0 Å². The lowest BCUT2D eigenvalue weighted by Gasteiger charge is -2.11. The van der Waals surface area contributed by atoms with Crippen LogP contribution in [0.2, 0.25) is 0 Å². The molecule has 0 aliphatic heterocycles. The number of halogens is 1. The summed E-state index contributed by atoms with van der Waals surface area (Å²) in [5.74, 6) is 1.29. The first-order chi connectivity index (χ1) is 10.3. The third-order valence-electron chi connectivity index (χ3n) is 3.57. The van der Waals surface area contributed by atoms with Crippen molar-refractivity contribution in [3.8, 4) is 11.5 Å². The van der Waals surface area contributed by atoms with Gasteiger partial charge in [0.2, 0.25) is 5.89 Å². The van der Waals surface area contributed by atoms with Gasteiger partial charge in [-0.2, -0.15) is 0 Å². The van der Waals surface area contributed by atoms with E-state index < -0.39 is 0 Å². The predicted octanol–water partition coefficient (Wildman–Crippen LogP) is 5.02. The zero-order chi connectivity index (χ0) is 14.7. The predicted molar refractivity (Wildman–Crippen MR) is 80.5 cm³/mol.